The molecule has 0 unspecified atom stereocenters. The molecule has 9 heteroatoms. The summed E-state index contributed by atoms with van der Waals surface area (Å²) in [6, 6.07) is 0. The predicted octanol–water partition coefficient (Wildman–Crippen LogP) is 7.45. The van der Waals surface area contributed by atoms with Gasteiger partial charge in [0.25, 0.3) is 0 Å². The van der Waals surface area contributed by atoms with Crippen LogP contribution in [0.5, 0.6) is 0 Å². The van der Waals surface area contributed by atoms with Crippen molar-refractivity contribution in [2.75, 3.05) is 26.4 Å². The number of rotatable bonds is 20. The van der Waals surface area contributed by atoms with Gasteiger partial charge in [-0.1, -0.05) is 0 Å². The van der Waals surface area contributed by atoms with Gasteiger partial charge >= 0.3 is 202 Å². The predicted molar refractivity (Wildman–Crippen MR) is 123 cm³/mol. The third-order valence-corrected chi connectivity index (χ3v) is 7.40. The molecule has 0 aliphatic carbocycles. The van der Waals surface area contributed by atoms with Crippen LogP contribution < -0.4 is 0 Å². The second-order valence-electron chi connectivity index (χ2n) is 7.50. The fourth-order valence-corrected chi connectivity index (χ4v) is 4.69. The summed E-state index contributed by atoms with van der Waals surface area (Å²) in [7, 11) is 0. The third kappa shape index (κ3) is 11.4. The van der Waals surface area contributed by atoms with Gasteiger partial charge in [-0.2, -0.15) is 0 Å². The standard InChI is InChI=1S/4C6H11O2.Cu/c4*1-2-3-4-5-8-6-7;/h4*2-5H2,1H3;. The van der Waals surface area contributed by atoms with Crippen molar-refractivity contribution in [3.8, 4) is 0 Å². The molecule has 199 valence electrons. The van der Waals surface area contributed by atoms with Crippen LogP contribution in [-0.2, 0) is 31.8 Å². The zero-order valence-corrected chi connectivity index (χ0v) is 21.8. The number of hydrogen-bond acceptors (Lipinski definition) is 8. The van der Waals surface area contributed by atoms with Crippen LogP contribution >= 0.6 is 0 Å². The van der Waals surface area contributed by atoms with Crippen LogP contribution in [-0.4, -0.2) is 45.9 Å². The first kappa shape index (κ1) is 31.4. The molecular formula is C24H44CuO8. The molecule has 0 heterocycles. The summed E-state index contributed by atoms with van der Waals surface area (Å²) in [4.78, 5) is 47.7. The van der Waals surface area contributed by atoms with Crippen LogP contribution in [0.25, 0.3) is 0 Å². The van der Waals surface area contributed by atoms with Gasteiger partial charge in [-0.25, -0.2) is 0 Å². The van der Waals surface area contributed by atoms with E-state index in [0.717, 1.165) is 51.4 Å². The average molecular weight is 524 g/mol. The van der Waals surface area contributed by atoms with Crippen LogP contribution in [0, 0.1) is 0 Å². The first-order valence-electron chi connectivity index (χ1n) is 12.2. The number of hydrogen-bond donors (Lipinski definition) is 0. The molecule has 0 N–H and O–H groups in total. The Bertz CT molecular complexity index is 477. The Morgan fingerprint density at radius 1 is 0.424 bits per heavy atom. The summed E-state index contributed by atoms with van der Waals surface area (Å²) < 4.78 is 21.0. The van der Waals surface area contributed by atoms with Gasteiger partial charge in [-0.15, -0.1) is 0 Å². The molecular weight excluding hydrogens is 480 g/mol. The van der Waals surface area contributed by atoms with E-state index in [1.54, 1.807) is 0 Å². The molecule has 0 saturated carbocycles. The van der Waals surface area contributed by atoms with Crippen molar-refractivity contribution in [3.63, 3.8) is 0 Å². The van der Waals surface area contributed by atoms with E-state index in [1.807, 2.05) is 27.7 Å². The number of unbranched alkanes of at least 4 members (excludes halogenated alkanes) is 8. The second kappa shape index (κ2) is 19.8. The summed E-state index contributed by atoms with van der Waals surface area (Å²) in [5, 5.41) is 0. The zero-order chi connectivity index (χ0) is 25.0. The summed E-state index contributed by atoms with van der Waals surface area (Å²) in [6.45, 7) is 7.95. The second-order valence-corrected chi connectivity index (χ2v) is 10.5. The van der Waals surface area contributed by atoms with Crippen molar-refractivity contribution in [1.29, 1.82) is 0 Å². The Labute approximate surface area is 201 Å². The maximum absolute atomic E-state index is 13.1. The fourth-order valence-electron chi connectivity index (χ4n) is 2.55. The topological polar surface area (TPSA) is 105 Å². The molecule has 0 aliphatic rings. The Kier molecular flexibility index (Phi) is 18.9. The van der Waals surface area contributed by atoms with Gasteiger partial charge in [0.2, 0.25) is 0 Å². The van der Waals surface area contributed by atoms with Gasteiger partial charge in [-0.3, -0.25) is 0 Å². The molecule has 0 fully saturated rings. The molecule has 33 heavy (non-hydrogen) atoms. The van der Waals surface area contributed by atoms with E-state index in [1.165, 1.54) is 0 Å². The first-order valence-corrected chi connectivity index (χ1v) is 14.1. The van der Waals surface area contributed by atoms with E-state index in [-0.39, 0.29) is 26.4 Å². The molecule has 0 aliphatic heterocycles. The monoisotopic (exact) mass is 523 g/mol. The van der Waals surface area contributed by atoms with E-state index >= 15 is 0 Å². The maximum atomic E-state index is 13.1. The van der Waals surface area contributed by atoms with Crippen molar-refractivity contribution in [2.24, 2.45) is 0 Å². The summed E-state index contributed by atoms with van der Waals surface area (Å²) in [5.74, 6) is 0. The molecule has 0 rings (SSSR count). The Hall–Kier alpha value is -1.60. The number of ether oxygens (including phenoxy) is 4. The molecule has 0 amide bonds. The Morgan fingerprint density at radius 3 is 0.818 bits per heavy atom. The normalized spacial score (nSPS) is 11.5. The van der Waals surface area contributed by atoms with Gasteiger partial charge in [0.15, 0.2) is 0 Å². The molecule has 0 atom stereocenters. The van der Waals surface area contributed by atoms with E-state index in [2.05, 4.69) is 0 Å². The van der Waals surface area contributed by atoms with Crippen LogP contribution in [0.4, 0.5) is 19.2 Å². The van der Waals surface area contributed by atoms with Gasteiger partial charge in [-0.05, 0) is 0 Å². The number of carbonyl (C=O) groups is 4. The van der Waals surface area contributed by atoms with Crippen molar-refractivity contribution in [3.05, 3.63) is 0 Å². The van der Waals surface area contributed by atoms with Crippen LogP contribution in [0.1, 0.15) is 105 Å². The summed E-state index contributed by atoms with van der Waals surface area (Å²) in [5.41, 5.74) is 0. The molecule has 0 aromatic rings. The first-order chi connectivity index (χ1) is 15.9. The molecule has 0 spiro atoms. The fraction of sp³-hybridized carbons (Fsp3) is 0.833. The summed E-state index contributed by atoms with van der Waals surface area (Å²) in [6.07, 6.45) is 9.03. The SMILES string of the molecule is CCCCCO[C](=O)[Cu]([C](=O)OCCCCC)([C](=O)OCCCCC)[C](=O)OCCCCC. The summed E-state index contributed by atoms with van der Waals surface area (Å²) >= 11 is -4.03. The van der Waals surface area contributed by atoms with Gasteiger partial charge < -0.3 is 0 Å². The van der Waals surface area contributed by atoms with Crippen molar-refractivity contribution in [2.45, 2.75) is 105 Å². The van der Waals surface area contributed by atoms with E-state index < -0.39 is 32.3 Å². The molecule has 8 nitrogen and oxygen atoms in total. The van der Waals surface area contributed by atoms with Crippen LogP contribution in [0.3, 0.4) is 0 Å². The van der Waals surface area contributed by atoms with Crippen LogP contribution in [0.15, 0.2) is 0 Å². The molecule has 0 bridgehead atoms. The van der Waals surface area contributed by atoms with Crippen molar-refractivity contribution >= 4 is 19.5 Å². The van der Waals surface area contributed by atoms with Gasteiger partial charge in [0.1, 0.15) is 0 Å². The van der Waals surface area contributed by atoms with E-state index in [0.29, 0.717) is 25.7 Å². The van der Waals surface area contributed by atoms with Gasteiger partial charge in [0, 0.05) is 0 Å². The van der Waals surface area contributed by atoms with Gasteiger partial charge in [0.05, 0.1) is 0 Å². The quantitative estimate of drug-likeness (QED) is 0.0919. The van der Waals surface area contributed by atoms with E-state index in [9.17, 15) is 19.2 Å². The minimum atomic E-state index is -4.03. The minimum absolute atomic E-state index is 0.00451. The molecule has 0 saturated heterocycles. The van der Waals surface area contributed by atoms with Crippen molar-refractivity contribution in [1.82, 2.24) is 0 Å². The zero-order valence-electron chi connectivity index (χ0n) is 20.9. The third-order valence-electron chi connectivity index (χ3n) is 4.55. The number of carbonyl (C=O) groups excluding carboxylic acids is 4. The van der Waals surface area contributed by atoms with Crippen molar-refractivity contribution < 1.29 is 51.0 Å². The Balaban J connectivity index is 5.81. The molecule has 0 aromatic heterocycles. The Morgan fingerprint density at radius 2 is 0.636 bits per heavy atom. The molecule has 0 radical (unpaired) electrons. The van der Waals surface area contributed by atoms with Crippen LogP contribution in [0.2, 0.25) is 0 Å². The average Bonchev–Trinajstić information content (AvgIpc) is 2.80. The molecule has 0 aromatic carbocycles. The van der Waals surface area contributed by atoms with E-state index in [4.69, 9.17) is 18.9 Å².